The molecule has 0 atom stereocenters. The van der Waals surface area contributed by atoms with E-state index in [2.05, 4.69) is 34.3 Å². The van der Waals surface area contributed by atoms with Crippen LogP contribution in [0.1, 0.15) is 24.1 Å². The third-order valence-electron chi connectivity index (χ3n) is 3.63. The molecule has 0 saturated heterocycles. The van der Waals surface area contributed by atoms with E-state index >= 15 is 0 Å². The van der Waals surface area contributed by atoms with E-state index in [4.69, 9.17) is 9.47 Å². The van der Waals surface area contributed by atoms with Gasteiger partial charge in [-0.1, -0.05) is 0 Å². The Balaban J connectivity index is 2.04. The highest BCUT2D eigenvalue weighted by molar-refractivity contribution is 5.42. The van der Waals surface area contributed by atoms with Gasteiger partial charge in [-0.2, -0.15) is 0 Å². The summed E-state index contributed by atoms with van der Waals surface area (Å²) >= 11 is 0. The summed E-state index contributed by atoms with van der Waals surface area (Å²) in [7, 11) is 3.45. The van der Waals surface area contributed by atoms with Crippen LogP contribution in [-0.2, 0) is 16.0 Å². The molecule has 0 radical (unpaired) electrons. The second kappa shape index (κ2) is 8.32. The molecule has 0 bridgehead atoms. The summed E-state index contributed by atoms with van der Waals surface area (Å²) in [4.78, 5) is 6.89. The van der Waals surface area contributed by atoms with Crippen LogP contribution in [0.2, 0.25) is 0 Å². The predicted molar refractivity (Wildman–Crippen MR) is 84.8 cm³/mol. The number of pyridine rings is 1. The summed E-state index contributed by atoms with van der Waals surface area (Å²) < 4.78 is 10.4. The summed E-state index contributed by atoms with van der Waals surface area (Å²) in [6.07, 6.45) is 2.62. The van der Waals surface area contributed by atoms with Crippen LogP contribution in [0.15, 0.2) is 12.1 Å². The number of nitrogens with one attached hydrogen (secondary N) is 1. The minimum Gasteiger partial charge on any atom is -0.383 e. The fourth-order valence-corrected chi connectivity index (χ4v) is 2.28. The van der Waals surface area contributed by atoms with Gasteiger partial charge in [0.05, 0.1) is 13.2 Å². The molecule has 0 aromatic carbocycles. The van der Waals surface area contributed by atoms with Crippen molar-refractivity contribution in [3.8, 4) is 0 Å². The predicted octanol–water partition coefficient (Wildman–Crippen LogP) is 1.74. The van der Waals surface area contributed by atoms with Crippen molar-refractivity contribution in [2.75, 3.05) is 45.4 Å². The fourth-order valence-electron chi connectivity index (χ4n) is 2.28. The van der Waals surface area contributed by atoms with Gasteiger partial charge in [0.15, 0.2) is 0 Å². The molecule has 21 heavy (non-hydrogen) atoms. The first-order chi connectivity index (χ1) is 10.2. The molecule has 0 aliphatic heterocycles. The van der Waals surface area contributed by atoms with E-state index in [-0.39, 0.29) is 0 Å². The third-order valence-corrected chi connectivity index (χ3v) is 3.63. The van der Waals surface area contributed by atoms with Gasteiger partial charge in [0, 0.05) is 45.6 Å². The highest BCUT2D eigenvalue weighted by Crippen LogP contribution is 2.20. The van der Waals surface area contributed by atoms with Crippen LogP contribution in [0, 0.1) is 6.92 Å². The summed E-state index contributed by atoms with van der Waals surface area (Å²) in [5.41, 5.74) is 2.35. The Morgan fingerprint density at radius 3 is 2.43 bits per heavy atom. The van der Waals surface area contributed by atoms with Crippen molar-refractivity contribution in [2.24, 2.45) is 0 Å². The van der Waals surface area contributed by atoms with Gasteiger partial charge >= 0.3 is 0 Å². The molecule has 1 N–H and O–H groups in total. The summed E-state index contributed by atoms with van der Waals surface area (Å²) in [6, 6.07) is 5.05. The second-order valence-electron chi connectivity index (χ2n) is 5.60. The largest absolute Gasteiger partial charge is 0.383 e. The minimum atomic E-state index is 0.689. The molecule has 0 amide bonds. The third kappa shape index (κ3) is 5.61. The number of hydrogen-bond donors (Lipinski definition) is 1. The Bertz CT molecular complexity index is 428. The topological polar surface area (TPSA) is 46.6 Å². The van der Waals surface area contributed by atoms with Gasteiger partial charge in [0.2, 0.25) is 0 Å². The molecular weight excluding hydrogens is 266 g/mol. The van der Waals surface area contributed by atoms with Crippen molar-refractivity contribution in [2.45, 2.75) is 32.4 Å². The summed E-state index contributed by atoms with van der Waals surface area (Å²) in [6.45, 7) is 6.00. The van der Waals surface area contributed by atoms with Crippen LogP contribution in [0.3, 0.4) is 0 Å². The highest BCUT2D eigenvalue weighted by atomic mass is 16.5. The van der Waals surface area contributed by atoms with Gasteiger partial charge < -0.3 is 19.7 Å². The number of ether oxygens (including phenoxy) is 2. The lowest BCUT2D eigenvalue weighted by atomic mass is 10.2. The van der Waals surface area contributed by atoms with Crippen molar-refractivity contribution in [3.05, 3.63) is 23.4 Å². The van der Waals surface area contributed by atoms with Crippen LogP contribution < -0.4 is 10.2 Å². The molecule has 5 heteroatoms. The van der Waals surface area contributed by atoms with Gasteiger partial charge in [0.25, 0.3) is 0 Å². The van der Waals surface area contributed by atoms with Crippen LogP contribution in [-0.4, -0.2) is 51.5 Å². The van der Waals surface area contributed by atoms with E-state index in [0.29, 0.717) is 13.2 Å². The Morgan fingerprint density at radius 1 is 1.19 bits per heavy atom. The van der Waals surface area contributed by atoms with Gasteiger partial charge in [-0.15, -0.1) is 0 Å². The summed E-state index contributed by atoms with van der Waals surface area (Å²) in [5.74, 6) is 1.01. The average molecular weight is 293 g/mol. The molecule has 1 aliphatic rings. The van der Waals surface area contributed by atoms with Crippen molar-refractivity contribution in [1.82, 2.24) is 10.3 Å². The van der Waals surface area contributed by atoms with Crippen molar-refractivity contribution in [1.29, 1.82) is 0 Å². The Hall–Kier alpha value is -1.17. The lowest BCUT2D eigenvalue weighted by Crippen LogP contribution is -2.31. The number of aryl methyl sites for hydroxylation is 1. The average Bonchev–Trinajstić information content (AvgIpc) is 3.29. The lowest BCUT2D eigenvalue weighted by molar-refractivity contribution is 0.190. The molecule has 1 aromatic rings. The number of anilines is 1. The van der Waals surface area contributed by atoms with Crippen LogP contribution in [0.5, 0.6) is 0 Å². The van der Waals surface area contributed by atoms with Crippen LogP contribution in [0.25, 0.3) is 0 Å². The van der Waals surface area contributed by atoms with Crippen molar-refractivity contribution < 1.29 is 9.47 Å². The molecule has 1 fully saturated rings. The van der Waals surface area contributed by atoms with E-state index in [1.54, 1.807) is 14.2 Å². The maximum absolute atomic E-state index is 5.20. The standard InChI is InChI=1S/C16H27N3O2/c1-13-10-14(12-17-15-4-5-15)11-16(18-13)19(6-8-20-2)7-9-21-3/h10-11,15,17H,4-9,12H2,1-3H3. The molecule has 5 nitrogen and oxygen atoms in total. The van der Waals surface area contributed by atoms with Gasteiger partial charge in [-0.05, 0) is 37.5 Å². The smallest absolute Gasteiger partial charge is 0.129 e. The molecular formula is C16H27N3O2. The highest BCUT2D eigenvalue weighted by Gasteiger charge is 2.20. The Labute approximate surface area is 127 Å². The van der Waals surface area contributed by atoms with E-state index < -0.39 is 0 Å². The number of hydrogen-bond acceptors (Lipinski definition) is 5. The quantitative estimate of drug-likeness (QED) is 0.712. The maximum Gasteiger partial charge on any atom is 0.129 e. The Kier molecular flexibility index (Phi) is 6.42. The van der Waals surface area contributed by atoms with Crippen LogP contribution in [0.4, 0.5) is 5.82 Å². The number of nitrogens with zero attached hydrogens (tertiary/aromatic N) is 2. The number of methoxy groups -OCH3 is 2. The van der Waals surface area contributed by atoms with Gasteiger partial charge in [-0.3, -0.25) is 0 Å². The molecule has 2 rings (SSSR count). The zero-order valence-electron chi connectivity index (χ0n) is 13.4. The van der Waals surface area contributed by atoms with E-state index in [1.165, 1.54) is 18.4 Å². The van der Waals surface area contributed by atoms with Gasteiger partial charge in [0.1, 0.15) is 5.82 Å². The molecule has 1 aliphatic carbocycles. The number of rotatable bonds is 10. The van der Waals surface area contributed by atoms with E-state index in [1.807, 2.05) is 0 Å². The molecule has 1 aromatic heterocycles. The first-order valence-electron chi connectivity index (χ1n) is 7.66. The maximum atomic E-state index is 5.20. The SMILES string of the molecule is COCCN(CCOC)c1cc(CNC2CC2)cc(C)n1. The van der Waals surface area contributed by atoms with E-state index in [0.717, 1.165) is 37.2 Å². The summed E-state index contributed by atoms with van der Waals surface area (Å²) in [5, 5.41) is 3.56. The monoisotopic (exact) mass is 293 g/mol. The zero-order chi connectivity index (χ0) is 15.1. The first-order valence-corrected chi connectivity index (χ1v) is 7.66. The fraction of sp³-hybridized carbons (Fsp3) is 0.688. The second-order valence-corrected chi connectivity index (χ2v) is 5.60. The molecule has 118 valence electrons. The normalized spacial score (nSPS) is 14.4. The Morgan fingerprint density at radius 2 is 1.86 bits per heavy atom. The first kappa shape index (κ1) is 16.2. The van der Waals surface area contributed by atoms with Crippen molar-refractivity contribution >= 4 is 5.82 Å². The van der Waals surface area contributed by atoms with Crippen molar-refractivity contribution in [3.63, 3.8) is 0 Å². The number of aromatic nitrogens is 1. The molecule has 1 heterocycles. The molecule has 0 spiro atoms. The zero-order valence-corrected chi connectivity index (χ0v) is 13.4. The lowest BCUT2D eigenvalue weighted by Gasteiger charge is -2.24. The van der Waals surface area contributed by atoms with E-state index in [9.17, 15) is 0 Å². The molecule has 1 saturated carbocycles. The molecule has 0 unspecified atom stereocenters. The van der Waals surface area contributed by atoms with Crippen LogP contribution >= 0.6 is 0 Å². The van der Waals surface area contributed by atoms with Gasteiger partial charge in [-0.25, -0.2) is 4.98 Å². The minimum absolute atomic E-state index is 0.689.